The molecule has 188 valence electrons. The van der Waals surface area contributed by atoms with Gasteiger partial charge in [-0.15, -0.1) is 0 Å². The number of Topliss-reactive ketones (excluding diaryl/α,β-unsaturated/α-hetero) is 1. The number of hydrogen-bond acceptors (Lipinski definition) is 8. The molecule has 0 rings (SSSR count). The summed E-state index contributed by atoms with van der Waals surface area (Å²) in [7, 11) is 0. The third-order valence-corrected chi connectivity index (χ3v) is 3.72. The lowest BCUT2D eigenvalue weighted by Crippen LogP contribution is -2.49. The van der Waals surface area contributed by atoms with Crippen LogP contribution in [0.2, 0.25) is 0 Å². The van der Waals surface area contributed by atoms with Crippen LogP contribution in [0.15, 0.2) is 0 Å². The highest BCUT2D eigenvalue weighted by molar-refractivity contribution is 5.78. The average molecular weight is 466 g/mol. The van der Waals surface area contributed by atoms with Gasteiger partial charge in [-0.05, 0) is 13.8 Å². The summed E-state index contributed by atoms with van der Waals surface area (Å²) in [5.74, 6) is -4.95. The molecular weight excluding hydrogens is 426 g/mol. The standard InChI is InChI=1S/C16H27N3O9.2C2H6/c1-11(19(9-15(25)26)10-16(27)28)5-17(7-13(21)22)3-4-18(6-12(2)20)8-14(23)24;2*1-2/h11H,3-10H2,1-2H3,(H,21,22)(H,23,24)(H,25,26)(H,27,28);2*1-2H3. The van der Waals surface area contributed by atoms with Crippen LogP contribution in [-0.2, 0) is 24.0 Å². The van der Waals surface area contributed by atoms with Crippen LogP contribution >= 0.6 is 0 Å². The van der Waals surface area contributed by atoms with Crippen molar-refractivity contribution in [2.24, 2.45) is 0 Å². The van der Waals surface area contributed by atoms with Gasteiger partial charge in [0.1, 0.15) is 5.78 Å². The number of hydrogen-bond donors (Lipinski definition) is 4. The molecule has 1 atom stereocenters. The minimum Gasteiger partial charge on any atom is -0.480 e. The van der Waals surface area contributed by atoms with Crippen molar-refractivity contribution in [1.29, 1.82) is 0 Å². The SMILES string of the molecule is CC.CC.CC(=O)CN(CCN(CC(=O)O)CC(C)N(CC(=O)O)CC(=O)O)CC(=O)O. The maximum Gasteiger partial charge on any atom is 0.317 e. The topological polar surface area (TPSA) is 176 Å². The summed E-state index contributed by atoms with van der Waals surface area (Å²) < 4.78 is 0. The van der Waals surface area contributed by atoms with Crippen LogP contribution < -0.4 is 0 Å². The van der Waals surface area contributed by atoms with Crippen molar-refractivity contribution in [3.63, 3.8) is 0 Å². The lowest BCUT2D eigenvalue weighted by molar-refractivity contribution is -0.144. The predicted octanol–water partition coefficient (Wildman–Crippen LogP) is 0.261. The zero-order valence-electron chi connectivity index (χ0n) is 19.9. The van der Waals surface area contributed by atoms with Crippen molar-refractivity contribution in [2.45, 2.75) is 47.6 Å². The van der Waals surface area contributed by atoms with Crippen LogP contribution in [0.3, 0.4) is 0 Å². The lowest BCUT2D eigenvalue weighted by atomic mass is 10.2. The molecule has 12 heteroatoms. The van der Waals surface area contributed by atoms with Gasteiger partial charge in [-0.2, -0.15) is 0 Å². The van der Waals surface area contributed by atoms with Gasteiger partial charge in [-0.25, -0.2) is 0 Å². The molecular formula is C20H39N3O9. The van der Waals surface area contributed by atoms with Gasteiger partial charge in [0.2, 0.25) is 0 Å². The first kappa shape index (κ1) is 34.1. The lowest BCUT2D eigenvalue weighted by Gasteiger charge is -2.32. The Balaban J connectivity index is -0.00000198. The Hall–Kier alpha value is -2.57. The number of ketones is 1. The molecule has 0 aromatic carbocycles. The van der Waals surface area contributed by atoms with E-state index in [1.807, 2.05) is 27.7 Å². The Kier molecular flexibility index (Phi) is 21.6. The maximum atomic E-state index is 11.3. The highest BCUT2D eigenvalue weighted by Gasteiger charge is 2.23. The molecule has 1 unspecified atom stereocenters. The van der Waals surface area contributed by atoms with Gasteiger partial charge < -0.3 is 20.4 Å². The molecule has 12 nitrogen and oxygen atoms in total. The summed E-state index contributed by atoms with van der Waals surface area (Å²) in [5, 5.41) is 35.9. The Morgan fingerprint density at radius 1 is 0.625 bits per heavy atom. The van der Waals surface area contributed by atoms with E-state index in [-0.39, 0.29) is 38.5 Å². The second kappa shape index (κ2) is 20.3. The molecule has 0 aromatic rings. The predicted molar refractivity (Wildman–Crippen MR) is 118 cm³/mol. The number of nitrogens with zero attached hydrogens (tertiary/aromatic N) is 3. The molecule has 0 radical (unpaired) electrons. The molecule has 0 fully saturated rings. The van der Waals surface area contributed by atoms with Gasteiger partial charge in [0.05, 0.1) is 32.7 Å². The molecule has 4 N–H and O–H groups in total. The third-order valence-electron chi connectivity index (χ3n) is 3.72. The first-order chi connectivity index (χ1) is 14.9. The number of aliphatic carboxylic acids is 4. The average Bonchev–Trinajstić information content (AvgIpc) is 2.66. The second-order valence-corrected chi connectivity index (χ2v) is 6.48. The molecule has 0 amide bonds. The van der Waals surface area contributed by atoms with Crippen LogP contribution in [0.1, 0.15) is 41.5 Å². The van der Waals surface area contributed by atoms with Crippen molar-refractivity contribution >= 4 is 29.7 Å². The van der Waals surface area contributed by atoms with E-state index in [0.717, 1.165) is 0 Å². The fourth-order valence-electron chi connectivity index (χ4n) is 2.63. The molecule has 0 bridgehead atoms. The van der Waals surface area contributed by atoms with E-state index in [9.17, 15) is 24.0 Å². The van der Waals surface area contributed by atoms with Crippen molar-refractivity contribution < 1.29 is 44.4 Å². The quantitative estimate of drug-likeness (QED) is 0.245. The van der Waals surface area contributed by atoms with E-state index in [1.54, 1.807) is 6.92 Å². The van der Waals surface area contributed by atoms with E-state index in [2.05, 4.69) is 0 Å². The molecule has 0 aliphatic carbocycles. The van der Waals surface area contributed by atoms with E-state index < -0.39 is 49.6 Å². The van der Waals surface area contributed by atoms with Gasteiger partial charge in [-0.1, -0.05) is 27.7 Å². The molecule has 0 aliphatic rings. The summed E-state index contributed by atoms with van der Waals surface area (Å²) in [4.78, 5) is 59.2. The van der Waals surface area contributed by atoms with E-state index >= 15 is 0 Å². The van der Waals surface area contributed by atoms with Crippen molar-refractivity contribution in [2.75, 3.05) is 52.4 Å². The summed E-state index contributed by atoms with van der Waals surface area (Å²) in [5.41, 5.74) is 0. The third kappa shape index (κ3) is 20.7. The number of rotatable bonds is 16. The second-order valence-electron chi connectivity index (χ2n) is 6.48. The molecule has 0 spiro atoms. The zero-order valence-corrected chi connectivity index (χ0v) is 19.9. The number of carboxylic acids is 4. The minimum absolute atomic E-state index is 0.0494. The van der Waals surface area contributed by atoms with Gasteiger partial charge >= 0.3 is 23.9 Å². The van der Waals surface area contributed by atoms with Crippen molar-refractivity contribution in [1.82, 2.24) is 14.7 Å². The van der Waals surface area contributed by atoms with Gasteiger partial charge in [-0.3, -0.25) is 38.7 Å². The maximum absolute atomic E-state index is 11.3. The molecule has 0 aliphatic heterocycles. The summed E-state index contributed by atoms with van der Waals surface area (Å²) in [6, 6.07) is -0.590. The van der Waals surface area contributed by atoms with Gasteiger partial charge in [0, 0.05) is 25.7 Å². The summed E-state index contributed by atoms with van der Waals surface area (Å²) >= 11 is 0. The molecule has 32 heavy (non-hydrogen) atoms. The highest BCUT2D eigenvalue weighted by Crippen LogP contribution is 2.04. The fraction of sp³-hybridized carbons (Fsp3) is 0.750. The Labute approximate surface area is 189 Å². The summed E-state index contributed by atoms with van der Waals surface area (Å²) in [6.45, 7) is 9.19. The van der Waals surface area contributed by atoms with Crippen LogP contribution in [0.25, 0.3) is 0 Å². The zero-order chi connectivity index (χ0) is 25.9. The Bertz CT molecular complexity index is 553. The van der Waals surface area contributed by atoms with E-state index in [0.29, 0.717) is 0 Å². The molecule has 0 saturated heterocycles. The van der Waals surface area contributed by atoms with E-state index in [1.165, 1.54) is 21.6 Å². The number of carbonyl (C=O) groups excluding carboxylic acids is 1. The number of carbonyl (C=O) groups is 5. The van der Waals surface area contributed by atoms with Crippen molar-refractivity contribution in [3.05, 3.63) is 0 Å². The smallest absolute Gasteiger partial charge is 0.317 e. The minimum atomic E-state index is -1.22. The van der Waals surface area contributed by atoms with Crippen LogP contribution in [0.5, 0.6) is 0 Å². The van der Waals surface area contributed by atoms with Crippen LogP contribution in [-0.4, -0.2) is 123 Å². The largest absolute Gasteiger partial charge is 0.480 e. The first-order valence-corrected chi connectivity index (χ1v) is 10.5. The fourth-order valence-corrected chi connectivity index (χ4v) is 2.63. The van der Waals surface area contributed by atoms with Gasteiger partial charge in [0.15, 0.2) is 0 Å². The van der Waals surface area contributed by atoms with Crippen molar-refractivity contribution in [3.8, 4) is 0 Å². The summed E-state index contributed by atoms with van der Waals surface area (Å²) in [6.07, 6.45) is 0. The van der Waals surface area contributed by atoms with E-state index in [4.69, 9.17) is 20.4 Å². The monoisotopic (exact) mass is 465 g/mol. The molecule has 0 aromatic heterocycles. The van der Waals surface area contributed by atoms with Crippen LogP contribution in [0.4, 0.5) is 0 Å². The van der Waals surface area contributed by atoms with Crippen LogP contribution in [0, 0.1) is 0 Å². The first-order valence-electron chi connectivity index (χ1n) is 10.5. The number of carboxylic acid groups (broad SMARTS) is 4. The van der Waals surface area contributed by atoms with Gasteiger partial charge in [0.25, 0.3) is 0 Å². The molecule has 0 heterocycles. The molecule has 0 saturated carbocycles. The Morgan fingerprint density at radius 3 is 1.31 bits per heavy atom. The Morgan fingerprint density at radius 2 is 0.969 bits per heavy atom. The normalized spacial score (nSPS) is 11.2. The highest BCUT2D eigenvalue weighted by atomic mass is 16.4.